The summed E-state index contributed by atoms with van der Waals surface area (Å²) in [6.07, 6.45) is 0.906. The van der Waals surface area contributed by atoms with E-state index in [-0.39, 0.29) is 18.8 Å². The average molecular weight is 280 g/mol. The molecule has 17 heavy (non-hydrogen) atoms. The third kappa shape index (κ3) is 3.09. The molecular weight excluding hydrogens is 261 g/mol. The lowest BCUT2D eigenvalue weighted by atomic mass is 9.97. The first-order chi connectivity index (χ1) is 7.36. The SMILES string of the molecule is CCc1ccccc1C(N)(CC)P(=O)(O)O.Cl. The van der Waals surface area contributed by atoms with E-state index in [0.29, 0.717) is 12.0 Å². The van der Waals surface area contributed by atoms with Crippen LogP contribution in [0.5, 0.6) is 0 Å². The molecule has 1 atom stereocenters. The lowest BCUT2D eigenvalue weighted by molar-refractivity contribution is 0.321. The Labute approximate surface area is 108 Å². The molecule has 0 bridgehead atoms. The van der Waals surface area contributed by atoms with Crippen molar-refractivity contribution >= 4 is 20.0 Å². The molecule has 0 saturated carbocycles. The van der Waals surface area contributed by atoms with Crippen LogP contribution in [0, 0.1) is 0 Å². The van der Waals surface area contributed by atoms with Crippen LogP contribution in [0.25, 0.3) is 0 Å². The third-order valence-electron chi connectivity index (χ3n) is 2.92. The number of hydrogen-bond acceptors (Lipinski definition) is 2. The quantitative estimate of drug-likeness (QED) is 0.739. The maximum absolute atomic E-state index is 11.5. The van der Waals surface area contributed by atoms with E-state index in [1.807, 2.05) is 19.1 Å². The zero-order chi connectivity index (χ0) is 12.4. The number of benzene rings is 1. The Morgan fingerprint density at radius 2 is 1.82 bits per heavy atom. The second-order valence-corrected chi connectivity index (χ2v) is 5.72. The summed E-state index contributed by atoms with van der Waals surface area (Å²) in [6, 6.07) is 7.14. The average Bonchev–Trinajstić information content (AvgIpc) is 2.26. The van der Waals surface area contributed by atoms with Gasteiger partial charge in [0, 0.05) is 0 Å². The van der Waals surface area contributed by atoms with E-state index >= 15 is 0 Å². The van der Waals surface area contributed by atoms with Crippen molar-refractivity contribution in [2.75, 3.05) is 0 Å². The summed E-state index contributed by atoms with van der Waals surface area (Å²) in [5.41, 5.74) is 7.34. The Morgan fingerprint density at radius 3 is 2.24 bits per heavy atom. The summed E-state index contributed by atoms with van der Waals surface area (Å²) in [5, 5.41) is -1.57. The highest BCUT2D eigenvalue weighted by Gasteiger charge is 2.44. The lowest BCUT2D eigenvalue weighted by Crippen LogP contribution is -2.36. The summed E-state index contributed by atoms with van der Waals surface area (Å²) < 4.78 is 11.5. The monoisotopic (exact) mass is 279 g/mol. The molecule has 1 rings (SSSR count). The van der Waals surface area contributed by atoms with Gasteiger partial charge in [-0.15, -0.1) is 12.4 Å². The summed E-state index contributed by atoms with van der Waals surface area (Å²) in [7, 11) is -4.37. The topological polar surface area (TPSA) is 83.6 Å². The van der Waals surface area contributed by atoms with Gasteiger partial charge in [0.15, 0.2) is 0 Å². The Morgan fingerprint density at radius 1 is 1.29 bits per heavy atom. The van der Waals surface area contributed by atoms with E-state index in [0.717, 1.165) is 5.56 Å². The van der Waals surface area contributed by atoms with E-state index in [1.54, 1.807) is 19.1 Å². The van der Waals surface area contributed by atoms with E-state index in [1.165, 1.54) is 0 Å². The first kappa shape index (κ1) is 16.6. The normalized spacial score (nSPS) is 14.9. The molecular formula is C11H19ClNO3P. The zero-order valence-electron chi connectivity index (χ0n) is 9.96. The van der Waals surface area contributed by atoms with Gasteiger partial charge in [0.1, 0.15) is 5.28 Å². The van der Waals surface area contributed by atoms with Crippen LogP contribution in [0.3, 0.4) is 0 Å². The molecule has 0 aliphatic rings. The first-order valence-corrected chi connectivity index (χ1v) is 6.91. The van der Waals surface area contributed by atoms with E-state index in [4.69, 9.17) is 5.73 Å². The predicted molar refractivity (Wildman–Crippen MR) is 71.3 cm³/mol. The standard InChI is InChI=1S/C11H18NO3P.ClH/c1-3-9-7-5-6-8-10(9)11(12,4-2)16(13,14)15;/h5-8H,3-4,12H2,1-2H3,(H2,13,14,15);1H. The number of aryl methyl sites for hydroxylation is 1. The fourth-order valence-corrected chi connectivity index (χ4v) is 2.75. The Balaban J connectivity index is 0.00000256. The zero-order valence-corrected chi connectivity index (χ0v) is 11.7. The molecule has 0 fully saturated rings. The van der Waals surface area contributed by atoms with Gasteiger partial charge >= 0.3 is 7.60 Å². The highest BCUT2D eigenvalue weighted by molar-refractivity contribution is 7.53. The Hall–Kier alpha value is -0.380. The molecule has 0 aromatic heterocycles. The van der Waals surface area contributed by atoms with Gasteiger partial charge in [-0.1, -0.05) is 38.1 Å². The van der Waals surface area contributed by atoms with Crippen LogP contribution in [0.2, 0.25) is 0 Å². The van der Waals surface area contributed by atoms with Crippen molar-refractivity contribution in [2.45, 2.75) is 32.0 Å². The molecule has 98 valence electrons. The van der Waals surface area contributed by atoms with Crippen LogP contribution in [0.1, 0.15) is 31.4 Å². The Kier molecular flexibility index (Phi) is 5.85. The molecule has 1 aromatic rings. The molecule has 0 heterocycles. The second-order valence-electron chi connectivity index (χ2n) is 3.83. The highest BCUT2D eigenvalue weighted by atomic mass is 35.5. The number of nitrogens with two attached hydrogens (primary N) is 1. The van der Waals surface area contributed by atoms with Gasteiger partial charge in [-0.25, -0.2) is 0 Å². The van der Waals surface area contributed by atoms with Crippen molar-refractivity contribution in [1.82, 2.24) is 0 Å². The maximum Gasteiger partial charge on any atom is 0.349 e. The van der Waals surface area contributed by atoms with Gasteiger partial charge < -0.3 is 15.5 Å². The molecule has 0 radical (unpaired) electrons. The lowest BCUT2D eigenvalue weighted by Gasteiger charge is -2.31. The summed E-state index contributed by atoms with van der Waals surface area (Å²) in [5.74, 6) is 0. The van der Waals surface area contributed by atoms with Crippen molar-refractivity contribution in [3.8, 4) is 0 Å². The van der Waals surface area contributed by atoms with Crippen LogP contribution in [-0.4, -0.2) is 9.79 Å². The second kappa shape index (κ2) is 5.98. The molecule has 0 aliphatic carbocycles. The molecule has 6 heteroatoms. The summed E-state index contributed by atoms with van der Waals surface area (Å²) in [4.78, 5) is 18.8. The summed E-state index contributed by atoms with van der Waals surface area (Å²) in [6.45, 7) is 3.63. The van der Waals surface area contributed by atoms with Gasteiger partial charge in [-0.2, -0.15) is 0 Å². The predicted octanol–water partition coefficient (Wildman–Crippen LogP) is 2.37. The highest BCUT2D eigenvalue weighted by Crippen LogP contribution is 2.55. The van der Waals surface area contributed by atoms with Crippen molar-refractivity contribution in [3.63, 3.8) is 0 Å². The van der Waals surface area contributed by atoms with Crippen molar-refractivity contribution in [1.29, 1.82) is 0 Å². The fourth-order valence-electron chi connectivity index (χ4n) is 1.80. The molecule has 4 nitrogen and oxygen atoms in total. The minimum Gasteiger partial charge on any atom is -0.323 e. The number of rotatable bonds is 4. The molecule has 0 spiro atoms. The van der Waals surface area contributed by atoms with Crippen molar-refractivity contribution in [2.24, 2.45) is 5.73 Å². The molecule has 0 amide bonds. The number of halogens is 1. The van der Waals surface area contributed by atoms with E-state index < -0.39 is 12.9 Å². The van der Waals surface area contributed by atoms with Crippen molar-refractivity contribution < 1.29 is 14.4 Å². The van der Waals surface area contributed by atoms with Crippen LogP contribution in [0.4, 0.5) is 0 Å². The summed E-state index contributed by atoms with van der Waals surface area (Å²) >= 11 is 0. The van der Waals surface area contributed by atoms with Crippen molar-refractivity contribution in [3.05, 3.63) is 35.4 Å². The molecule has 1 unspecified atom stereocenters. The number of hydrogen-bond donors (Lipinski definition) is 3. The Bertz CT molecular complexity index is 421. The largest absolute Gasteiger partial charge is 0.349 e. The molecule has 0 aliphatic heterocycles. The van der Waals surface area contributed by atoms with Gasteiger partial charge in [-0.3, -0.25) is 4.57 Å². The van der Waals surface area contributed by atoms with Crippen LogP contribution in [-0.2, 0) is 16.3 Å². The fraction of sp³-hybridized carbons (Fsp3) is 0.455. The minimum absolute atomic E-state index is 0. The van der Waals surface area contributed by atoms with Crippen LogP contribution < -0.4 is 5.73 Å². The van der Waals surface area contributed by atoms with Gasteiger partial charge in [-0.05, 0) is 24.0 Å². The molecule has 4 N–H and O–H groups in total. The molecule has 0 saturated heterocycles. The molecule has 1 aromatic carbocycles. The van der Waals surface area contributed by atoms with E-state index in [9.17, 15) is 14.4 Å². The van der Waals surface area contributed by atoms with E-state index in [2.05, 4.69) is 0 Å². The van der Waals surface area contributed by atoms with Gasteiger partial charge in [0.05, 0.1) is 0 Å². The smallest absolute Gasteiger partial charge is 0.323 e. The van der Waals surface area contributed by atoms with Gasteiger partial charge in [0.2, 0.25) is 0 Å². The van der Waals surface area contributed by atoms with Gasteiger partial charge in [0.25, 0.3) is 0 Å². The van der Waals surface area contributed by atoms with Crippen LogP contribution in [0.15, 0.2) is 24.3 Å². The minimum atomic E-state index is -4.37. The maximum atomic E-state index is 11.5. The third-order valence-corrected chi connectivity index (χ3v) is 4.52. The first-order valence-electron chi connectivity index (χ1n) is 5.29. The van der Waals surface area contributed by atoms with Crippen LogP contribution >= 0.6 is 20.0 Å².